The van der Waals surface area contributed by atoms with Gasteiger partial charge in [-0.1, -0.05) is 0 Å². The van der Waals surface area contributed by atoms with E-state index in [2.05, 4.69) is 4.98 Å². The monoisotopic (exact) mass is 312 g/mol. The zero-order valence-electron chi connectivity index (χ0n) is 11.5. The first kappa shape index (κ1) is 15.4. The van der Waals surface area contributed by atoms with E-state index in [1.54, 1.807) is 25.3 Å². The molecule has 7 nitrogen and oxygen atoms in total. The van der Waals surface area contributed by atoms with E-state index in [9.17, 15) is 18.0 Å². The van der Waals surface area contributed by atoms with Gasteiger partial charge in [0.1, 0.15) is 0 Å². The third-order valence-electron chi connectivity index (χ3n) is 3.44. The highest BCUT2D eigenvalue weighted by atomic mass is 32.2. The molecular weight excluding hydrogens is 296 g/mol. The van der Waals surface area contributed by atoms with Gasteiger partial charge in [0.15, 0.2) is 9.84 Å². The van der Waals surface area contributed by atoms with Gasteiger partial charge in [0.2, 0.25) is 0 Å². The van der Waals surface area contributed by atoms with Gasteiger partial charge in [-0.25, -0.2) is 8.42 Å². The molecule has 0 radical (unpaired) electrons. The molecule has 0 bridgehead atoms. The summed E-state index contributed by atoms with van der Waals surface area (Å²) < 4.78 is 23.3. The second-order valence-corrected chi connectivity index (χ2v) is 7.23. The van der Waals surface area contributed by atoms with Crippen molar-refractivity contribution in [3.63, 3.8) is 0 Å². The number of carboxylic acids is 1. The summed E-state index contributed by atoms with van der Waals surface area (Å²) in [6.45, 7) is 1.69. The topological polar surface area (TPSA) is 105 Å². The third kappa shape index (κ3) is 3.57. The highest BCUT2D eigenvalue weighted by molar-refractivity contribution is 7.91. The molecule has 2 heterocycles. The second-order valence-electron chi connectivity index (χ2n) is 5.00. The van der Waals surface area contributed by atoms with E-state index in [0.717, 1.165) is 0 Å². The molecule has 1 saturated heterocycles. The average molecular weight is 312 g/mol. The molecule has 1 fully saturated rings. The number of aromatic nitrogens is 1. The van der Waals surface area contributed by atoms with Crippen molar-refractivity contribution < 1.29 is 23.1 Å². The lowest BCUT2D eigenvalue weighted by Crippen LogP contribution is -2.52. The lowest BCUT2D eigenvalue weighted by molar-refractivity contribution is -0.138. The van der Waals surface area contributed by atoms with Crippen LogP contribution in [0.25, 0.3) is 0 Å². The molecule has 1 aliphatic rings. The number of rotatable bonds is 3. The van der Waals surface area contributed by atoms with Gasteiger partial charge in [0.05, 0.1) is 29.5 Å². The number of carbonyl (C=O) groups is 2. The Morgan fingerprint density at radius 3 is 2.81 bits per heavy atom. The van der Waals surface area contributed by atoms with Crippen molar-refractivity contribution in [3.05, 3.63) is 29.6 Å². The molecule has 0 aliphatic carbocycles. The molecule has 2 rings (SSSR count). The molecule has 1 unspecified atom stereocenters. The van der Waals surface area contributed by atoms with Gasteiger partial charge >= 0.3 is 5.97 Å². The summed E-state index contributed by atoms with van der Waals surface area (Å²) in [6.07, 6.45) is 1.17. The molecule has 1 aliphatic heterocycles. The van der Waals surface area contributed by atoms with Crippen molar-refractivity contribution >= 4 is 21.7 Å². The molecule has 0 spiro atoms. The van der Waals surface area contributed by atoms with Gasteiger partial charge in [-0.2, -0.15) is 0 Å². The van der Waals surface area contributed by atoms with E-state index < -0.39 is 21.8 Å². The summed E-state index contributed by atoms with van der Waals surface area (Å²) in [6, 6.07) is 2.38. The van der Waals surface area contributed by atoms with Crippen molar-refractivity contribution in [2.24, 2.45) is 0 Å². The number of hydrogen-bond donors (Lipinski definition) is 1. The third-order valence-corrected chi connectivity index (χ3v) is 5.14. The summed E-state index contributed by atoms with van der Waals surface area (Å²) in [5, 5.41) is 8.92. The Hall–Kier alpha value is -1.96. The van der Waals surface area contributed by atoms with E-state index in [-0.39, 0.29) is 30.4 Å². The van der Waals surface area contributed by atoms with E-state index >= 15 is 0 Å². The minimum Gasteiger partial charge on any atom is -0.481 e. The van der Waals surface area contributed by atoms with Crippen molar-refractivity contribution in [3.8, 4) is 0 Å². The van der Waals surface area contributed by atoms with Crippen LogP contribution in [0, 0.1) is 6.92 Å². The van der Waals surface area contributed by atoms with Crippen LogP contribution in [0.3, 0.4) is 0 Å². The molecule has 0 aromatic carbocycles. The fraction of sp³-hybridized carbons (Fsp3) is 0.462. The number of amides is 1. The first-order valence-electron chi connectivity index (χ1n) is 6.45. The summed E-state index contributed by atoms with van der Waals surface area (Å²) in [7, 11) is -3.31. The Morgan fingerprint density at radius 2 is 2.19 bits per heavy atom. The first-order valence-corrected chi connectivity index (χ1v) is 8.27. The number of aliphatic carboxylic acids is 1. The molecule has 1 N–H and O–H groups in total. The largest absolute Gasteiger partial charge is 0.481 e. The SMILES string of the molecule is Cc1ncccc1C(=O)N1CCS(=O)(=O)CC1CC(=O)O. The van der Waals surface area contributed by atoms with Gasteiger partial charge in [-0.3, -0.25) is 14.6 Å². The normalized spacial score (nSPS) is 21.0. The molecule has 1 aromatic heterocycles. The number of carbonyl (C=O) groups excluding carboxylic acids is 1. The molecule has 114 valence electrons. The molecule has 1 aromatic rings. The summed E-state index contributed by atoms with van der Waals surface area (Å²) in [5.41, 5.74) is 0.900. The molecular formula is C13H16N2O5S. The minimum absolute atomic E-state index is 0.00739. The minimum atomic E-state index is -3.31. The van der Waals surface area contributed by atoms with Crippen molar-refractivity contribution in [2.45, 2.75) is 19.4 Å². The van der Waals surface area contributed by atoms with Crippen LogP contribution in [-0.4, -0.2) is 59.4 Å². The van der Waals surface area contributed by atoms with E-state index in [0.29, 0.717) is 11.3 Å². The van der Waals surface area contributed by atoms with Gasteiger partial charge in [0.25, 0.3) is 5.91 Å². The van der Waals surface area contributed by atoms with E-state index in [4.69, 9.17) is 5.11 Å². The van der Waals surface area contributed by atoms with Gasteiger partial charge in [0, 0.05) is 18.4 Å². The van der Waals surface area contributed by atoms with Crippen molar-refractivity contribution in [2.75, 3.05) is 18.1 Å². The Bertz CT molecular complexity index is 671. The van der Waals surface area contributed by atoms with Crippen LogP contribution in [0.2, 0.25) is 0 Å². The Morgan fingerprint density at radius 1 is 1.48 bits per heavy atom. The number of aryl methyl sites for hydroxylation is 1. The molecule has 1 amide bonds. The van der Waals surface area contributed by atoms with Crippen molar-refractivity contribution in [1.29, 1.82) is 0 Å². The smallest absolute Gasteiger partial charge is 0.305 e. The van der Waals surface area contributed by atoms with Crippen molar-refractivity contribution in [1.82, 2.24) is 9.88 Å². The highest BCUT2D eigenvalue weighted by Gasteiger charge is 2.36. The predicted octanol–water partition coefficient (Wildman–Crippen LogP) is 0.104. The van der Waals surface area contributed by atoms with Crippen LogP contribution in [-0.2, 0) is 14.6 Å². The number of nitrogens with zero attached hydrogens (tertiary/aromatic N) is 2. The zero-order chi connectivity index (χ0) is 15.6. The maximum absolute atomic E-state index is 12.5. The van der Waals surface area contributed by atoms with Crippen LogP contribution in [0.4, 0.5) is 0 Å². The van der Waals surface area contributed by atoms with Crippen LogP contribution in [0.15, 0.2) is 18.3 Å². The fourth-order valence-corrected chi connectivity index (χ4v) is 3.92. The lowest BCUT2D eigenvalue weighted by atomic mass is 10.1. The molecule has 1 atom stereocenters. The quantitative estimate of drug-likeness (QED) is 0.849. The van der Waals surface area contributed by atoms with Gasteiger partial charge in [-0.05, 0) is 19.1 Å². The van der Waals surface area contributed by atoms with Gasteiger partial charge < -0.3 is 10.0 Å². The summed E-state index contributed by atoms with van der Waals surface area (Å²) in [5.74, 6) is -1.96. The van der Waals surface area contributed by atoms with Gasteiger partial charge in [-0.15, -0.1) is 0 Å². The van der Waals surface area contributed by atoms with Crippen LogP contribution in [0.1, 0.15) is 22.5 Å². The lowest BCUT2D eigenvalue weighted by Gasteiger charge is -2.34. The van der Waals surface area contributed by atoms with E-state index in [1.807, 2.05) is 0 Å². The zero-order valence-corrected chi connectivity index (χ0v) is 12.3. The number of pyridine rings is 1. The van der Waals surface area contributed by atoms with E-state index in [1.165, 1.54) is 4.90 Å². The fourth-order valence-electron chi connectivity index (χ4n) is 2.39. The second kappa shape index (κ2) is 5.80. The predicted molar refractivity (Wildman–Crippen MR) is 74.7 cm³/mol. The average Bonchev–Trinajstić information content (AvgIpc) is 2.37. The highest BCUT2D eigenvalue weighted by Crippen LogP contribution is 2.19. The standard InChI is InChI=1S/C13H16N2O5S/c1-9-11(3-2-4-14-9)13(18)15-5-6-21(19,20)8-10(15)7-12(16)17/h2-4,10H,5-8H2,1H3,(H,16,17). The molecule has 21 heavy (non-hydrogen) atoms. The number of sulfone groups is 1. The Labute approximate surface area is 122 Å². The molecule has 0 saturated carbocycles. The first-order chi connectivity index (χ1) is 9.80. The summed E-state index contributed by atoms with van der Waals surface area (Å²) >= 11 is 0. The maximum Gasteiger partial charge on any atom is 0.305 e. The number of hydrogen-bond acceptors (Lipinski definition) is 5. The van der Waals surface area contributed by atoms with Crippen LogP contribution >= 0.6 is 0 Å². The summed E-state index contributed by atoms with van der Waals surface area (Å²) in [4.78, 5) is 28.8. The number of carboxylic acid groups (broad SMARTS) is 1. The van der Waals surface area contributed by atoms with Crippen LogP contribution < -0.4 is 0 Å². The maximum atomic E-state index is 12.5. The van der Waals surface area contributed by atoms with Crippen LogP contribution in [0.5, 0.6) is 0 Å². The Kier molecular flexibility index (Phi) is 4.26. The Balaban J connectivity index is 2.29. The molecule has 8 heteroatoms.